The maximum absolute atomic E-state index is 12.9. The standard InChI is InChI=1S/C11H15FO/c1-4-11(2,3)9-7-8(12)5-6-10(9)13/h5-7,13H,4H2,1-3H3. The summed E-state index contributed by atoms with van der Waals surface area (Å²) >= 11 is 0. The van der Waals surface area contributed by atoms with E-state index in [1.807, 2.05) is 20.8 Å². The van der Waals surface area contributed by atoms with Gasteiger partial charge in [0.25, 0.3) is 0 Å². The maximum Gasteiger partial charge on any atom is 0.123 e. The molecular weight excluding hydrogens is 167 g/mol. The Kier molecular flexibility index (Phi) is 2.60. The van der Waals surface area contributed by atoms with E-state index >= 15 is 0 Å². The molecule has 0 spiro atoms. The quantitative estimate of drug-likeness (QED) is 0.744. The Morgan fingerprint density at radius 1 is 1.38 bits per heavy atom. The molecule has 13 heavy (non-hydrogen) atoms. The molecule has 0 saturated carbocycles. The number of hydrogen-bond donors (Lipinski definition) is 1. The molecule has 0 atom stereocenters. The minimum atomic E-state index is -0.297. The molecule has 1 nitrogen and oxygen atoms in total. The first-order chi connectivity index (χ1) is 5.97. The van der Waals surface area contributed by atoms with Crippen molar-refractivity contribution < 1.29 is 9.50 Å². The van der Waals surface area contributed by atoms with Crippen molar-refractivity contribution in [2.75, 3.05) is 0 Å². The predicted molar refractivity (Wildman–Crippen MR) is 51.4 cm³/mol. The van der Waals surface area contributed by atoms with E-state index in [9.17, 15) is 9.50 Å². The highest BCUT2D eigenvalue weighted by atomic mass is 19.1. The van der Waals surface area contributed by atoms with E-state index < -0.39 is 0 Å². The fraction of sp³-hybridized carbons (Fsp3) is 0.455. The van der Waals surface area contributed by atoms with E-state index in [1.165, 1.54) is 18.2 Å². The van der Waals surface area contributed by atoms with Gasteiger partial charge in [0, 0.05) is 5.56 Å². The average Bonchev–Trinajstić information content (AvgIpc) is 2.09. The Balaban J connectivity index is 3.20. The largest absolute Gasteiger partial charge is 0.508 e. The normalized spacial score (nSPS) is 11.7. The summed E-state index contributed by atoms with van der Waals surface area (Å²) in [5.74, 6) is -0.123. The van der Waals surface area contributed by atoms with Crippen molar-refractivity contribution in [3.63, 3.8) is 0 Å². The molecule has 0 fully saturated rings. The third-order valence-electron chi connectivity index (χ3n) is 2.57. The van der Waals surface area contributed by atoms with Crippen LogP contribution in [-0.2, 0) is 5.41 Å². The number of aromatic hydroxyl groups is 1. The van der Waals surface area contributed by atoms with Crippen LogP contribution in [-0.4, -0.2) is 5.11 Å². The Hall–Kier alpha value is -1.05. The molecule has 1 rings (SSSR count). The second-order valence-electron chi connectivity index (χ2n) is 3.90. The highest BCUT2D eigenvalue weighted by Gasteiger charge is 2.21. The van der Waals surface area contributed by atoms with Crippen LogP contribution in [0.5, 0.6) is 5.75 Å². The summed E-state index contributed by atoms with van der Waals surface area (Å²) in [5.41, 5.74) is 0.502. The molecule has 0 bridgehead atoms. The van der Waals surface area contributed by atoms with Gasteiger partial charge < -0.3 is 5.11 Å². The van der Waals surface area contributed by atoms with E-state index in [4.69, 9.17) is 0 Å². The zero-order chi connectivity index (χ0) is 10.1. The van der Waals surface area contributed by atoms with Crippen LogP contribution in [0.3, 0.4) is 0 Å². The smallest absolute Gasteiger partial charge is 0.123 e. The lowest BCUT2D eigenvalue weighted by Crippen LogP contribution is -2.15. The lowest BCUT2D eigenvalue weighted by atomic mass is 9.82. The molecule has 0 heterocycles. The Morgan fingerprint density at radius 2 is 2.00 bits per heavy atom. The SMILES string of the molecule is CCC(C)(C)c1cc(F)ccc1O. The van der Waals surface area contributed by atoms with Crippen LogP contribution in [0.1, 0.15) is 32.8 Å². The van der Waals surface area contributed by atoms with Gasteiger partial charge in [-0.1, -0.05) is 20.8 Å². The van der Waals surface area contributed by atoms with Crippen LogP contribution in [0.15, 0.2) is 18.2 Å². The van der Waals surface area contributed by atoms with Gasteiger partial charge in [0.1, 0.15) is 11.6 Å². The number of halogens is 1. The van der Waals surface area contributed by atoms with Gasteiger partial charge in [0.2, 0.25) is 0 Å². The first-order valence-electron chi connectivity index (χ1n) is 4.46. The van der Waals surface area contributed by atoms with Crippen LogP contribution < -0.4 is 0 Å². The molecule has 0 unspecified atom stereocenters. The lowest BCUT2D eigenvalue weighted by molar-refractivity contribution is 0.425. The summed E-state index contributed by atoms with van der Waals surface area (Å²) in [6, 6.07) is 4.07. The molecular formula is C11H15FO. The Bertz CT molecular complexity index is 305. The topological polar surface area (TPSA) is 20.2 Å². The summed E-state index contributed by atoms with van der Waals surface area (Å²) in [5, 5.41) is 9.54. The number of phenolic OH excluding ortho intramolecular Hbond substituents is 1. The van der Waals surface area contributed by atoms with Crippen LogP contribution in [0.4, 0.5) is 4.39 Å². The summed E-state index contributed by atoms with van der Waals surface area (Å²) in [6.07, 6.45) is 0.865. The fourth-order valence-corrected chi connectivity index (χ4v) is 1.24. The zero-order valence-electron chi connectivity index (χ0n) is 8.26. The van der Waals surface area contributed by atoms with Crippen molar-refractivity contribution in [2.24, 2.45) is 0 Å². The fourth-order valence-electron chi connectivity index (χ4n) is 1.24. The van der Waals surface area contributed by atoms with Gasteiger partial charge in [0.15, 0.2) is 0 Å². The molecule has 0 saturated heterocycles. The third-order valence-corrected chi connectivity index (χ3v) is 2.57. The van der Waals surface area contributed by atoms with Crippen molar-refractivity contribution in [1.29, 1.82) is 0 Å². The van der Waals surface area contributed by atoms with Gasteiger partial charge in [-0.3, -0.25) is 0 Å². The summed E-state index contributed by atoms with van der Waals surface area (Å²) in [4.78, 5) is 0. The number of benzene rings is 1. The van der Waals surface area contributed by atoms with E-state index in [0.29, 0.717) is 5.56 Å². The van der Waals surface area contributed by atoms with Crippen LogP contribution >= 0.6 is 0 Å². The monoisotopic (exact) mass is 182 g/mol. The molecule has 2 heteroatoms. The Labute approximate surface area is 78.2 Å². The molecule has 0 aliphatic heterocycles. The maximum atomic E-state index is 12.9. The van der Waals surface area contributed by atoms with Gasteiger partial charge in [-0.05, 0) is 30.0 Å². The minimum Gasteiger partial charge on any atom is -0.508 e. The molecule has 0 radical (unpaired) electrons. The highest BCUT2D eigenvalue weighted by molar-refractivity contribution is 5.37. The molecule has 0 aliphatic carbocycles. The van der Waals surface area contributed by atoms with Gasteiger partial charge in [0.05, 0.1) is 0 Å². The second-order valence-corrected chi connectivity index (χ2v) is 3.90. The van der Waals surface area contributed by atoms with E-state index in [-0.39, 0.29) is 17.0 Å². The first-order valence-corrected chi connectivity index (χ1v) is 4.46. The van der Waals surface area contributed by atoms with E-state index in [0.717, 1.165) is 6.42 Å². The second kappa shape index (κ2) is 3.36. The minimum absolute atomic E-state index is 0.174. The molecule has 0 aliphatic rings. The van der Waals surface area contributed by atoms with Crippen LogP contribution in [0.2, 0.25) is 0 Å². The van der Waals surface area contributed by atoms with Crippen molar-refractivity contribution in [1.82, 2.24) is 0 Å². The summed E-state index contributed by atoms with van der Waals surface area (Å²) < 4.78 is 12.9. The lowest BCUT2D eigenvalue weighted by Gasteiger charge is -2.24. The van der Waals surface area contributed by atoms with Crippen LogP contribution in [0.25, 0.3) is 0 Å². The molecule has 1 aromatic rings. The van der Waals surface area contributed by atoms with Crippen molar-refractivity contribution in [3.8, 4) is 5.75 Å². The van der Waals surface area contributed by atoms with Gasteiger partial charge in [-0.15, -0.1) is 0 Å². The van der Waals surface area contributed by atoms with Crippen molar-refractivity contribution in [2.45, 2.75) is 32.6 Å². The number of phenols is 1. The number of rotatable bonds is 2. The zero-order valence-corrected chi connectivity index (χ0v) is 8.26. The van der Waals surface area contributed by atoms with E-state index in [2.05, 4.69) is 0 Å². The molecule has 1 N–H and O–H groups in total. The van der Waals surface area contributed by atoms with Crippen LogP contribution in [0, 0.1) is 5.82 Å². The molecule has 72 valence electrons. The summed E-state index contributed by atoms with van der Waals surface area (Å²) in [6.45, 7) is 5.99. The predicted octanol–water partition coefficient (Wildman–Crippen LogP) is 3.22. The van der Waals surface area contributed by atoms with E-state index in [1.54, 1.807) is 0 Å². The van der Waals surface area contributed by atoms with Crippen molar-refractivity contribution in [3.05, 3.63) is 29.6 Å². The molecule has 1 aromatic carbocycles. The van der Waals surface area contributed by atoms with Crippen molar-refractivity contribution >= 4 is 0 Å². The summed E-state index contributed by atoms with van der Waals surface area (Å²) in [7, 11) is 0. The molecule has 0 aromatic heterocycles. The Morgan fingerprint density at radius 3 is 2.54 bits per heavy atom. The first kappa shape index (κ1) is 10.0. The third kappa shape index (κ3) is 2.00. The van der Waals surface area contributed by atoms with Gasteiger partial charge in [-0.25, -0.2) is 4.39 Å². The van der Waals surface area contributed by atoms with Gasteiger partial charge >= 0.3 is 0 Å². The van der Waals surface area contributed by atoms with Gasteiger partial charge in [-0.2, -0.15) is 0 Å². The molecule has 0 amide bonds. The number of hydrogen-bond acceptors (Lipinski definition) is 1. The average molecular weight is 182 g/mol. The highest BCUT2D eigenvalue weighted by Crippen LogP contribution is 2.33.